The van der Waals surface area contributed by atoms with Crippen LogP contribution in [0.25, 0.3) is 0 Å². The maximum atomic E-state index is 5.40. The van der Waals surface area contributed by atoms with Crippen molar-refractivity contribution in [3.05, 3.63) is 0 Å². The minimum atomic E-state index is -0.240. The molecule has 4 nitrogen and oxygen atoms in total. The van der Waals surface area contributed by atoms with Crippen LogP contribution >= 0.6 is 0 Å². The van der Waals surface area contributed by atoms with E-state index in [2.05, 4.69) is 6.92 Å². The first-order valence-electron chi connectivity index (χ1n) is 6.44. The summed E-state index contributed by atoms with van der Waals surface area (Å²) in [5, 5.41) is 0. The Morgan fingerprint density at radius 3 is 1.88 bits per heavy atom. The minimum absolute atomic E-state index is 0.240. The SMILES string of the molecule is CCCOCCCCCCOCCC(N)N. The fourth-order valence-electron chi connectivity index (χ4n) is 1.33. The third-order valence-electron chi connectivity index (χ3n) is 2.27. The zero-order chi connectivity index (χ0) is 12.1. The van der Waals surface area contributed by atoms with E-state index in [0.29, 0.717) is 6.61 Å². The van der Waals surface area contributed by atoms with Crippen molar-refractivity contribution < 1.29 is 9.47 Å². The van der Waals surface area contributed by atoms with Gasteiger partial charge in [0.15, 0.2) is 0 Å². The van der Waals surface area contributed by atoms with E-state index in [1.807, 2.05) is 0 Å². The molecule has 0 spiro atoms. The summed E-state index contributed by atoms with van der Waals surface area (Å²) in [6.07, 6.45) is 6.33. The standard InChI is InChI=1S/C12H28N2O2/c1-2-8-15-9-5-3-4-6-10-16-11-7-12(13)14/h12H,2-11,13-14H2,1H3. The lowest BCUT2D eigenvalue weighted by molar-refractivity contribution is 0.118. The Hall–Kier alpha value is -0.160. The molecule has 0 aliphatic rings. The van der Waals surface area contributed by atoms with Gasteiger partial charge >= 0.3 is 0 Å². The van der Waals surface area contributed by atoms with Crippen LogP contribution in [0.5, 0.6) is 0 Å². The Balaban J connectivity index is 2.88. The third kappa shape index (κ3) is 13.8. The zero-order valence-corrected chi connectivity index (χ0v) is 10.6. The zero-order valence-electron chi connectivity index (χ0n) is 10.6. The molecule has 0 unspecified atom stereocenters. The Bertz CT molecular complexity index is 132. The molecule has 0 amide bonds. The van der Waals surface area contributed by atoms with Crippen molar-refractivity contribution in [2.24, 2.45) is 11.5 Å². The van der Waals surface area contributed by atoms with E-state index < -0.39 is 0 Å². The molecule has 0 fully saturated rings. The number of hydrogen-bond donors (Lipinski definition) is 2. The molecule has 0 saturated carbocycles. The molecule has 0 aromatic carbocycles. The van der Waals surface area contributed by atoms with Crippen LogP contribution in [0.4, 0.5) is 0 Å². The maximum Gasteiger partial charge on any atom is 0.0543 e. The molecule has 0 heterocycles. The van der Waals surface area contributed by atoms with E-state index in [1.165, 1.54) is 12.8 Å². The highest BCUT2D eigenvalue weighted by atomic mass is 16.5. The Labute approximate surface area is 99.7 Å². The maximum absolute atomic E-state index is 5.40. The Kier molecular flexibility index (Phi) is 12.8. The molecular formula is C12H28N2O2. The highest BCUT2D eigenvalue weighted by Crippen LogP contribution is 2.01. The van der Waals surface area contributed by atoms with Crippen molar-refractivity contribution in [1.82, 2.24) is 0 Å². The number of unbranched alkanes of at least 4 members (excludes halogenated alkanes) is 3. The van der Waals surface area contributed by atoms with Crippen LogP contribution in [-0.4, -0.2) is 32.6 Å². The molecule has 0 rings (SSSR count). The highest BCUT2D eigenvalue weighted by Gasteiger charge is 1.94. The van der Waals surface area contributed by atoms with Gasteiger partial charge < -0.3 is 20.9 Å². The molecule has 4 heteroatoms. The van der Waals surface area contributed by atoms with Gasteiger partial charge in [0.05, 0.1) is 6.17 Å². The number of ether oxygens (including phenoxy) is 2. The molecule has 0 aliphatic heterocycles. The van der Waals surface area contributed by atoms with Gasteiger partial charge in [0, 0.05) is 26.4 Å². The highest BCUT2D eigenvalue weighted by molar-refractivity contribution is 4.49. The van der Waals surface area contributed by atoms with E-state index in [9.17, 15) is 0 Å². The smallest absolute Gasteiger partial charge is 0.0543 e. The predicted octanol–water partition coefficient (Wildman–Crippen LogP) is 1.62. The van der Waals surface area contributed by atoms with Gasteiger partial charge in [0.25, 0.3) is 0 Å². The van der Waals surface area contributed by atoms with Crippen molar-refractivity contribution in [2.75, 3.05) is 26.4 Å². The van der Waals surface area contributed by atoms with E-state index in [0.717, 1.165) is 45.5 Å². The lowest BCUT2D eigenvalue weighted by Crippen LogP contribution is -2.31. The van der Waals surface area contributed by atoms with E-state index >= 15 is 0 Å². The van der Waals surface area contributed by atoms with E-state index in [-0.39, 0.29) is 6.17 Å². The first-order valence-corrected chi connectivity index (χ1v) is 6.44. The summed E-state index contributed by atoms with van der Waals surface area (Å²) in [4.78, 5) is 0. The summed E-state index contributed by atoms with van der Waals surface area (Å²) in [7, 11) is 0. The van der Waals surface area contributed by atoms with Crippen LogP contribution in [0.3, 0.4) is 0 Å². The van der Waals surface area contributed by atoms with Crippen molar-refractivity contribution in [3.8, 4) is 0 Å². The number of nitrogens with two attached hydrogens (primary N) is 2. The van der Waals surface area contributed by atoms with Gasteiger partial charge in [0.2, 0.25) is 0 Å². The third-order valence-corrected chi connectivity index (χ3v) is 2.27. The van der Waals surface area contributed by atoms with Crippen molar-refractivity contribution in [1.29, 1.82) is 0 Å². The van der Waals surface area contributed by atoms with Gasteiger partial charge in [-0.25, -0.2) is 0 Å². The molecule has 16 heavy (non-hydrogen) atoms. The first kappa shape index (κ1) is 15.8. The molecule has 0 bridgehead atoms. The average Bonchev–Trinajstić information content (AvgIpc) is 2.25. The normalized spacial score (nSPS) is 11.2. The van der Waals surface area contributed by atoms with Crippen LogP contribution in [0.2, 0.25) is 0 Å². The van der Waals surface area contributed by atoms with E-state index in [4.69, 9.17) is 20.9 Å². The van der Waals surface area contributed by atoms with Crippen LogP contribution in [-0.2, 0) is 9.47 Å². The summed E-state index contributed by atoms with van der Waals surface area (Å²) in [6, 6.07) is 0. The summed E-state index contributed by atoms with van der Waals surface area (Å²) in [5.41, 5.74) is 10.8. The predicted molar refractivity (Wildman–Crippen MR) is 67.2 cm³/mol. The molecule has 98 valence electrons. The van der Waals surface area contributed by atoms with Crippen LogP contribution < -0.4 is 11.5 Å². The minimum Gasteiger partial charge on any atom is -0.381 e. The van der Waals surface area contributed by atoms with E-state index in [1.54, 1.807) is 0 Å². The number of rotatable bonds is 12. The van der Waals surface area contributed by atoms with Gasteiger partial charge in [-0.3, -0.25) is 0 Å². The Morgan fingerprint density at radius 2 is 1.38 bits per heavy atom. The lowest BCUT2D eigenvalue weighted by atomic mass is 10.2. The second kappa shape index (κ2) is 12.9. The van der Waals surface area contributed by atoms with Gasteiger partial charge in [-0.05, 0) is 25.7 Å². The quantitative estimate of drug-likeness (QED) is 0.396. The Morgan fingerprint density at radius 1 is 0.812 bits per heavy atom. The largest absolute Gasteiger partial charge is 0.381 e. The van der Waals surface area contributed by atoms with Gasteiger partial charge in [-0.1, -0.05) is 19.8 Å². The monoisotopic (exact) mass is 232 g/mol. The first-order chi connectivity index (χ1) is 7.77. The molecule has 4 N–H and O–H groups in total. The van der Waals surface area contributed by atoms with Crippen LogP contribution in [0, 0.1) is 0 Å². The molecule has 0 saturated heterocycles. The fraction of sp³-hybridized carbons (Fsp3) is 1.00. The fourth-order valence-corrected chi connectivity index (χ4v) is 1.33. The summed E-state index contributed by atoms with van der Waals surface area (Å²) < 4.78 is 10.8. The van der Waals surface area contributed by atoms with Gasteiger partial charge in [-0.2, -0.15) is 0 Å². The second-order valence-corrected chi connectivity index (χ2v) is 4.09. The van der Waals surface area contributed by atoms with Crippen LogP contribution in [0.1, 0.15) is 45.4 Å². The molecule has 0 aromatic heterocycles. The average molecular weight is 232 g/mol. The summed E-state index contributed by atoms with van der Waals surface area (Å²) in [5.74, 6) is 0. The number of hydrogen-bond acceptors (Lipinski definition) is 4. The van der Waals surface area contributed by atoms with Gasteiger partial charge in [0.1, 0.15) is 0 Å². The van der Waals surface area contributed by atoms with Crippen molar-refractivity contribution >= 4 is 0 Å². The molecular weight excluding hydrogens is 204 g/mol. The summed E-state index contributed by atoms with van der Waals surface area (Å²) >= 11 is 0. The topological polar surface area (TPSA) is 70.5 Å². The molecule has 0 aromatic rings. The van der Waals surface area contributed by atoms with Gasteiger partial charge in [-0.15, -0.1) is 0 Å². The molecule has 0 radical (unpaired) electrons. The van der Waals surface area contributed by atoms with Crippen LogP contribution in [0.15, 0.2) is 0 Å². The van der Waals surface area contributed by atoms with Crippen molar-refractivity contribution in [2.45, 2.75) is 51.6 Å². The second-order valence-electron chi connectivity index (χ2n) is 4.09. The van der Waals surface area contributed by atoms with Crippen molar-refractivity contribution in [3.63, 3.8) is 0 Å². The molecule has 0 aliphatic carbocycles. The lowest BCUT2D eigenvalue weighted by Gasteiger charge is -2.06. The molecule has 0 atom stereocenters. The summed E-state index contributed by atoms with van der Waals surface area (Å²) in [6.45, 7) is 5.42.